The molecule has 1 amide bonds. The van der Waals surface area contributed by atoms with E-state index >= 15 is 0 Å². The smallest absolute Gasteiger partial charge is 0.219 e. The maximum Gasteiger partial charge on any atom is 0.219 e. The number of hydrogen-bond donors (Lipinski definition) is 1. The van der Waals surface area contributed by atoms with Gasteiger partial charge in [-0.2, -0.15) is 0 Å². The first-order valence-corrected chi connectivity index (χ1v) is 7.78. The van der Waals surface area contributed by atoms with Crippen molar-refractivity contribution in [2.75, 3.05) is 7.05 Å². The lowest BCUT2D eigenvalue weighted by Crippen LogP contribution is -2.20. The summed E-state index contributed by atoms with van der Waals surface area (Å²) in [5.74, 6) is 0.180. The standard InChI is InChI=1S/C16H33NO/c1-5-7-8-9-13-16(3,12-6-2)14-10-11-15(18)17-4/h5-14H2,1-4H3,(H,17,18). The molecule has 0 aromatic heterocycles. The summed E-state index contributed by atoms with van der Waals surface area (Å²) in [6.07, 6.45) is 12.2. The van der Waals surface area contributed by atoms with Crippen molar-refractivity contribution in [1.82, 2.24) is 5.32 Å². The Morgan fingerprint density at radius 1 is 0.944 bits per heavy atom. The summed E-state index contributed by atoms with van der Waals surface area (Å²) in [7, 11) is 1.72. The highest BCUT2D eigenvalue weighted by Crippen LogP contribution is 2.35. The van der Waals surface area contributed by atoms with Gasteiger partial charge in [-0.3, -0.25) is 4.79 Å². The van der Waals surface area contributed by atoms with Gasteiger partial charge < -0.3 is 5.32 Å². The van der Waals surface area contributed by atoms with Gasteiger partial charge in [0.25, 0.3) is 0 Å². The summed E-state index contributed by atoms with van der Waals surface area (Å²) in [6, 6.07) is 0. The highest BCUT2D eigenvalue weighted by molar-refractivity contribution is 5.75. The van der Waals surface area contributed by atoms with Crippen molar-refractivity contribution in [2.24, 2.45) is 5.41 Å². The SMILES string of the molecule is CCCCCCC(C)(CCC)CCCC(=O)NC. The van der Waals surface area contributed by atoms with Crippen LogP contribution in [-0.2, 0) is 4.79 Å². The zero-order chi connectivity index (χ0) is 13.9. The van der Waals surface area contributed by atoms with E-state index < -0.39 is 0 Å². The van der Waals surface area contributed by atoms with Crippen molar-refractivity contribution in [3.8, 4) is 0 Å². The highest BCUT2D eigenvalue weighted by atomic mass is 16.1. The molecule has 0 aliphatic heterocycles. The molecule has 2 nitrogen and oxygen atoms in total. The molecule has 1 N–H and O–H groups in total. The highest BCUT2D eigenvalue weighted by Gasteiger charge is 2.22. The lowest BCUT2D eigenvalue weighted by Gasteiger charge is -2.29. The third-order valence-corrected chi connectivity index (χ3v) is 3.95. The van der Waals surface area contributed by atoms with Gasteiger partial charge in [-0.25, -0.2) is 0 Å². The number of amides is 1. The van der Waals surface area contributed by atoms with Crippen molar-refractivity contribution in [3.05, 3.63) is 0 Å². The van der Waals surface area contributed by atoms with Crippen molar-refractivity contribution in [3.63, 3.8) is 0 Å². The summed E-state index contributed by atoms with van der Waals surface area (Å²) in [6.45, 7) is 6.93. The van der Waals surface area contributed by atoms with Crippen LogP contribution >= 0.6 is 0 Å². The molecule has 0 heterocycles. The van der Waals surface area contributed by atoms with Gasteiger partial charge in [-0.15, -0.1) is 0 Å². The van der Waals surface area contributed by atoms with E-state index in [9.17, 15) is 4.79 Å². The van der Waals surface area contributed by atoms with E-state index in [4.69, 9.17) is 0 Å². The Kier molecular flexibility index (Phi) is 10.1. The molecule has 0 aliphatic carbocycles. The average molecular weight is 255 g/mol. The third-order valence-electron chi connectivity index (χ3n) is 3.95. The van der Waals surface area contributed by atoms with Crippen LogP contribution in [0, 0.1) is 5.41 Å². The first-order valence-electron chi connectivity index (χ1n) is 7.78. The van der Waals surface area contributed by atoms with Gasteiger partial charge in [0.1, 0.15) is 0 Å². The van der Waals surface area contributed by atoms with Gasteiger partial charge in [-0.1, -0.05) is 52.9 Å². The molecule has 0 radical (unpaired) electrons. The number of hydrogen-bond acceptors (Lipinski definition) is 1. The van der Waals surface area contributed by atoms with Gasteiger partial charge in [0.15, 0.2) is 0 Å². The summed E-state index contributed by atoms with van der Waals surface area (Å²) in [5.41, 5.74) is 0.455. The van der Waals surface area contributed by atoms with E-state index in [0.29, 0.717) is 11.8 Å². The molecule has 0 bridgehead atoms. The Bertz CT molecular complexity index is 215. The van der Waals surface area contributed by atoms with E-state index in [1.54, 1.807) is 7.05 Å². The Hall–Kier alpha value is -0.530. The topological polar surface area (TPSA) is 29.1 Å². The van der Waals surface area contributed by atoms with Gasteiger partial charge >= 0.3 is 0 Å². The Morgan fingerprint density at radius 3 is 2.17 bits per heavy atom. The molecule has 18 heavy (non-hydrogen) atoms. The van der Waals surface area contributed by atoms with E-state index in [-0.39, 0.29) is 5.91 Å². The van der Waals surface area contributed by atoms with Crippen LogP contribution in [0.2, 0.25) is 0 Å². The molecule has 108 valence electrons. The number of carbonyl (C=O) groups is 1. The number of rotatable bonds is 11. The summed E-state index contributed by atoms with van der Waals surface area (Å²) in [5, 5.41) is 2.70. The normalized spacial score (nSPS) is 14.2. The Labute approximate surface area is 114 Å². The zero-order valence-electron chi connectivity index (χ0n) is 13.0. The molecular formula is C16H33NO. The predicted molar refractivity (Wildman–Crippen MR) is 79.7 cm³/mol. The molecule has 0 fully saturated rings. The van der Waals surface area contributed by atoms with E-state index in [1.165, 1.54) is 51.4 Å². The predicted octanol–water partition coefficient (Wildman–Crippen LogP) is 4.68. The minimum absolute atomic E-state index is 0.180. The second-order valence-corrected chi connectivity index (χ2v) is 5.90. The quantitative estimate of drug-likeness (QED) is 0.534. The zero-order valence-corrected chi connectivity index (χ0v) is 13.0. The molecule has 0 aliphatic rings. The Balaban J connectivity index is 3.95. The summed E-state index contributed by atoms with van der Waals surface area (Å²) >= 11 is 0. The van der Waals surface area contributed by atoms with Crippen LogP contribution in [0.3, 0.4) is 0 Å². The molecule has 0 aromatic carbocycles. The van der Waals surface area contributed by atoms with Gasteiger partial charge in [0.05, 0.1) is 0 Å². The van der Waals surface area contributed by atoms with E-state index in [1.807, 2.05) is 0 Å². The van der Waals surface area contributed by atoms with Gasteiger partial charge in [0, 0.05) is 13.5 Å². The maximum absolute atomic E-state index is 11.2. The molecule has 0 aromatic rings. The van der Waals surface area contributed by atoms with E-state index in [2.05, 4.69) is 26.1 Å². The van der Waals surface area contributed by atoms with Crippen LogP contribution in [0.1, 0.15) is 85.0 Å². The van der Waals surface area contributed by atoms with Crippen molar-refractivity contribution in [1.29, 1.82) is 0 Å². The van der Waals surface area contributed by atoms with Crippen molar-refractivity contribution < 1.29 is 4.79 Å². The van der Waals surface area contributed by atoms with Crippen molar-refractivity contribution in [2.45, 2.75) is 85.0 Å². The average Bonchev–Trinajstić information content (AvgIpc) is 2.35. The van der Waals surface area contributed by atoms with Crippen LogP contribution in [0.25, 0.3) is 0 Å². The van der Waals surface area contributed by atoms with Crippen LogP contribution in [0.5, 0.6) is 0 Å². The number of nitrogens with one attached hydrogen (secondary N) is 1. The molecule has 1 unspecified atom stereocenters. The second-order valence-electron chi connectivity index (χ2n) is 5.90. The Morgan fingerprint density at radius 2 is 1.61 bits per heavy atom. The minimum atomic E-state index is 0.180. The van der Waals surface area contributed by atoms with E-state index in [0.717, 1.165) is 6.42 Å². The lowest BCUT2D eigenvalue weighted by molar-refractivity contribution is -0.120. The second kappa shape index (κ2) is 10.4. The minimum Gasteiger partial charge on any atom is -0.359 e. The van der Waals surface area contributed by atoms with Gasteiger partial charge in [-0.05, 0) is 31.1 Å². The lowest BCUT2D eigenvalue weighted by atomic mass is 9.76. The van der Waals surface area contributed by atoms with Crippen LogP contribution < -0.4 is 5.32 Å². The molecule has 0 spiro atoms. The number of unbranched alkanes of at least 4 members (excludes halogenated alkanes) is 3. The van der Waals surface area contributed by atoms with Crippen LogP contribution in [-0.4, -0.2) is 13.0 Å². The number of carbonyl (C=O) groups excluding carboxylic acids is 1. The maximum atomic E-state index is 11.2. The fourth-order valence-electron chi connectivity index (χ4n) is 2.76. The van der Waals surface area contributed by atoms with Gasteiger partial charge in [0.2, 0.25) is 5.91 Å². The third kappa shape index (κ3) is 8.54. The van der Waals surface area contributed by atoms with Crippen LogP contribution in [0.15, 0.2) is 0 Å². The fraction of sp³-hybridized carbons (Fsp3) is 0.938. The summed E-state index contributed by atoms with van der Waals surface area (Å²) in [4.78, 5) is 11.2. The fourth-order valence-corrected chi connectivity index (χ4v) is 2.76. The summed E-state index contributed by atoms with van der Waals surface area (Å²) < 4.78 is 0. The molecule has 0 rings (SSSR count). The molecule has 2 heteroatoms. The van der Waals surface area contributed by atoms with Crippen molar-refractivity contribution >= 4 is 5.91 Å². The largest absolute Gasteiger partial charge is 0.359 e. The molecule has 0 saturated heterocycles. The monoisotopic (exact) mass is 255 g/mol. The first kappa shape index (κ1) is 17.5. The first-order chi connectivity index (χ1) is 8.58. The molecular weight excluding hydrogens is 222 g/mol. The molecule has 1 atom stereocenters. The molecule has 0 saturated carbocycles. The van der Waals surface area contributed by atoms with Crippen LogP contribution in [0.4, 0.5) is 0 Å².